The molecule has 0 spiro atoms. The summed E-state index contributed by atoms with van der Waals surface area (Å²) in [7, 11) is 1.97. The van der Waals surface area contributed by atoms with E-state index in [0.717, 1.165) is 17.3 Å². The maximum absolute atomic E-state index is 4.35. The Hall–Kier alpha value is -1.27. The Morgan fingerprint density at radius 1 is 1.39 bits per heavy atom. The highest BCUT2D eigenvalue weighted by atomic mass is 32.1. The number of likely N-dealkylation sites (N-methyl/N-ethyl adjacent to an activating group) is 1. The van der Waals surface area contributed by atoms with Gasteiger partial charge in [-0.1, -0.05) is 0 Å². The van der Waals surface area contributed by atoms with Crippen molar-refractivity contribution in [3.63, 3.8) is 0 Å². The van der Waals surface area contributed by atoms with Crippen LogP contribution >= 0.6 is 11.3 Å². The van der Waals surface area contributed by atoms with Crippen molar-refractivity contribution >= 4 is 11.3 Å². The van der Waals surface area contributed by atoms with Crippen molar-refractivity contribution in [2.75, 3.05) is 7.05 Å². The predicted octanol–water partition coefficient (Wildman–Crippen LogP) is 2.13. The van der Waals surface area contributed by atoms with E-state index in [4.69, 9.17) is 0 Å². The molecule has 0 saturated carbocycles. The standard InChI is InChI=1S/C12H19N5S/c1-8(2)17-12(15-7-16-17)5-10(13-4)11-6-14-9(3)18-11/h6-8,10,13H,5H2,1-4H3. The van der Waals surface area contributed by atoms with Gasteiger partial charge in [0.1, 0.15) is 12.2 Å². The van der Waals surface area contributed by atoms with Crippen LogP contribution in [0.5, 0.6) is 0 Å². The molecule has 1 unspecified atom stereocenters. The predicted molar refractivity (Wildman–Crippen MR) is 72.8 cm³/mol. The van der Waals surface area contributed by atoms with Crippen LogP contribution in [0.1, 0.15) is 41.6 Å². The van der Waals surface area contributed by atoms with Crippen LogP contribution in [0, 0.1) is 6.92 Å². The number of hydrogen-bond donors (Lipinski definition) is 1. The van der Waals surface area contributed by atoms with Crippen molar-refractivity contribution < 1.29 is 0 Å². The monoisotopic (exact) mass is 265 g/mol. The number of aryl methyl sites for hydroxylation is 1. The van der Waals surface area contributed by atoms with E-state index in [9.17, 15) is 0 Å². The molecule has 0 saturated heterocycles. The van der Waals surface area contributed by atoms with Gasteiger partial charge in [-0.15, -0.1) is 11.3 Å². The summed E-state index contributed by atoms with van der Waals surface area (Å²) in [4.78, 5) is 9.91. The maximum atomic E-state index is 4.35. The van der Waals surface area contributed by atoms with Gasteiger partial charge in [0.15, 0.2) is 0 Å². The summed E-state index contributed by atoms with van der Waals surface area (Å²) in [6.45, 7) is 6.25. The van der Waals surface area contributed by atoms with Gasteiger partial charge in [0.25, 0.3) is 0 Å². The van der Waals surface area contributed by atoms with Gasteiger partial charge in [0.2, 0.25) is 0 Å². The van der Waals surface area contributed by atoms with E-state index in [0.29, 0.717) is 6.04 Å². The summed E-state index contributed by atoms with van der Waals surface area (Å²) < 4.78 is 1.97. The second-order valence-corrected chi connectivity index (χ2v) is 5.81. The average Bonchev–Trinajstić information content (AvgIpc) is 2.94. The molecule has 98 valence electrons. The molecule has 0 radical (unpaired) electrons. The molecule has 0 aliphatic carbocycles. The molecule has 5 nitrogen and oxygen atoms in total. The fourth-order valence-electron chi connectivity index (χ4n) is 1.92. The summed E-state index contributed by atoms with van der Waals surface area (Å²) in [6, 6.07) is 0.584. The first-order chi connectivity index (χ1) is 8.61. The lowest BCUT2D eigenvalue weighted by molar-refractivity contribution is 0.480. The lowest BCUT2D eigenvalue weighted by Gasteiger charge is -2.15. The summed E-state index contributed by atoms with van der Waals surface area (Å²) in [5, 5.41) is 8.69. The highest BCUT2D eigenvalue weighted by Gasteiger charge is 2.17. The van der Waals surface area contributed by atoms with Gasteiger partial charge < -0.3 is 5.32 Å². The Bertz CT molecular complexity index is 502. The maximum Gasteiger partial charge on any atom is 0.138 e. The van der Waals surface area contributed by atoms with E-state index in [1.807, 2.05) is 24.9 Å². The molecule has 2 aromatic heterocycles. The third-order valence-corrected chi connectivity index (χ3v) is 3.88. The number of thiazole rings is 1. The first-order valence-electron chi connectivity index (χ1n) is 6.09. The third kappa shape index (κ3) is 2.76. The topological polar surface area (TPSA) is 55.6 Å². The zero-order valence-corrected chi connectivity index (χ0v) is 12.0. The van der Waals surface area contributed by atoms with E-state index in [-0.39, 0.29) is 6.04 Å². The van der Waals surface area contributed by atoms with Gasteiger partial charge in [-0.3, -0.25) is 0 Å². The van der Waals surface area contributed by atoms with Gasteiger partial charge in [0.05, 0.1) is 5.01 Å². The molecule has 0 amide bonds. The van der Waals surface area contributed by atoms with Gasteiger partial charge in [-0.25, -0.2) is 14.6 Å². The van der Waals surface area contributed by atoms with Gasteiger partial charge in [-0.2, -0.15) is 5.10 Å². The number of nitrogens with one attached hydrogen (secondary N) is 1. The van der Waals surface area contributed by atoms with Crippen LogP contribution in [0.15, 0.2) is 12.5 Å². The minimum atomic E-state index is 0.248. The highest BCUT2D eigenvalue weighted by molar-refractivity contribution is 7.11. The first kappa shape index (κ1) is 13.2. The van der Waals surface area contributed by atoms with Crippen LogP contribution in [-0.4, -0.2) is 26.8 Å². The third-order valence-electron chi connectivity index (χ3n) is 2.85. The van der Waals surface area contributed by atoms with Crippen LogP contribution < -0.4 is 5.32 Å². The quantitative estimate of drug-likeness (QED) is 0.899. The summed E-state index contributed by atoms with van der Waals surface area (Å²) >= 11 is 1.73. The minimum Gasteiger partial charge on any atom is -0.312 e. The molecule has 2 aromatic rings. The van der Waals surface area contributed by atoms with Crippen molar-refractivity contribution in [2.24, 2.45) is 0 Å². The lowest BCUT2D eigenvalue weighted by atomic mass is 10.1. The lowest BCUT2D eigenvalue weighted by Crippen LogP contribution is -2.20. The van der Waals surface area contributed by atoms with Crippen LogP contribution in [-0.2, 0) is 6.42 Å². The van der Waals surface area contributed by atoms with Crippen LogP contribution in [0.25, 0.3) is 0 Å². The van der Waals surface area contributed by atoms with Gasteiger partial charge >= 0.3 is 0 Å². The van der Waals surface area contributed by atoms with E-state index >= 15 is 0 Å². The Balaban J connectivity index is 2.18. The molecule has 6 heteroatoms. The zero-order valence-electron chi connectivity index (χ0n) is 11.2. The normalized spacial score (nSPS) is 13.2. The number of nitrogens with zero attached hydrogens (tertiary/aromatic N) is 4. The Labute approximate surface area is 111 Å². The second-order valence-electron chi connectivity index (χ2n) is 4.54. The summed E-state index contributed by atoms with van der Waals surface area (Å²) in [6.07, 6.45) is 4.40. The zero-order chi connectivity index (χ0) is 13.1. The van der Waals surface area contributed by atoms with Crippen LogP contribution in [0.3, 0.4) is 0 Å². The highest BCUT2D eigenvalue weighted by Crippen LogP contribution is 2.23. The molecular weight excluding hydrogens is 246 g/mol. The van der Waals surface area contributed by atoms with E-state index in [2.05, 4.69) is 34.2 Å². The van der Waals surface area contributed by atoms with E-state index in [1.165, 1.54) is 4.88 Å². The van der Waals surface area contributed by atoms with Crippen molar-refractivity contribution in [2.45, 2.75) is 39.3 Å². The Morgan fingerprint density at radius 2 is 2.17 bits per heavy atom. The van der Waals surface area contributed by atoms with Crippen LogP contribution in [0.2, 0.25) is 0 Å². The largest absolute Gasteiger partial charge is 0.312 e. The SMILES string of the molecule is CNC(Cc1ncnn1C(C)C)c1cnc(C)s1. The van der Waals surface area contributed by atoms with Gasteiger partial charge in [-0.05, 0) is 27.8 Å². The van der Waals surface area contributed by atoms with E-state index in [1.54, 1.807) is 17.7 Å². The number of aromatic nitrogens is 4. The molecular formula is C12H19N5S. The molecule has 18 heavy (non-hydrogen) atoms. The molecule has 0 aliphatic rings. The average molecular weight is 265 g/mol. The molecule has 0 bridgehead atoms. The molecule has 0 fully saturated rings. The first-order valence-corrected chi connectivity index (χ1v) is 6.91. The Kier molecular flexibility index (Phi) is 4.08. The second kappa shape index (κ2) is 5.58. The fraction of sp³-hybridized carbons (Fsp3) is 0.583. The summed E-state index contributed by atoms with van der Waals surface area (Å²) in [5.41, 5.74) is 0. The summed E-state index contributed by atoms with van der Waals surface area (Å²) in [5.74, 6) is 1.01. The van der Waals surface area contributed by atoms with Crippen LogP contribution in [0.4, 0.5) is 0 Å². The number of hydrogen-bond acceptors (Lipinski definition) is 5. The number of rotatable bonds is 5. The van der Waals surface area contributed by atoms with Crippen molar-refractivity contribution in [1.82, 2.24) is 25.1 Å². The van der Waals surface area contributed by atoms with Gasteiger partial charge in [0, 0.05) is 29.6 Å². The molecule has 0 aromatic carbocycles. The molecule has 1 atom stereocenters. The van der Waals surface area contributed by atoms with Crippen molar-refractivity contribution in [1.29, 1.82) is 0 Å². The minimum absolute atomic E-state index is 0.248. The Morgan fingerprint density at radius 3 is 2.72 bits per heavy atom. The molecule has 1 N–H and O–H groups in total. The fourth-order valence-corrected chi connectivity index (χ4v) is 2.81. The van der Waals surface area contributed by atoms with E-state index < -0.39 is 0 Å². The smallest absolute Gasteiger partial charge is 0.138 e. The van der Waals surface area contributed by atoms with Crippen molar-refractivity contribution in [3.05, 3.63) is 28.2 Å². The molecule has 2 heterocycles. The van der Waals surface area contributed by atoms with Crippen molar-refractivity contribution in [3.8, 4) is 0 Å². The molecule has 2 rings (SSSR count). The molecule has 0 aliphatic heterocycles.